The number of nitrogens with one attached hydrogen (secondary N) is 3. The van der Waals surface area contributed by atoms with Crippen LogP contribution >= 0.6 is 0 Å². The van der Waals surface area contributed by atoms with E-state index in [1.54, 1.807) is 47.7 Å². The molecule has 4 amide bonds. The molecule has 0 spiro atoms. The molecule has 2 aromatic rings. The molecule has 50 heavy (non-hydrogen) atoms. The molecular formula is C36H51N5O8S. The minimum atomic E-state index is -3.91. The number of fused-ring (bicyclic) bond motifs is 1. The lowest BCUT2D eigenvalue weighted by atomic mass is 9.85. The first-order valence-corrected chi connectivity index (χ1v) is 18.6. The van der Waals surface area contributed by atoms with E-state index >= 15 is 0 Å². The molecular weight excluding hydrogens is 662 g/mol. The van der Waals surface area contributed by atoms with Crippen LogP contribution in [0.1, 0.15) is 86.6 Å². The summed E-state index contributed by atoms with van der Waals surface area (Å²) in [5.41, 5.74) is -2.19. The van der Waals surface area contributed by atoms with E-state index in [0.717, 1.165) is 22.8 Å². The lowest BCUT2D eigenvalue weighted by Crippen LogP contribution is -2.62. The second-order valence-corrected chi connectivity index (χ2v) is 17.4. The number of likely N-dealkylation sites (tertiary alicyclic amines) is 1. The first kappa shape index (κ1) is 38.6. The Bertz CT molecular complexity index is 1740. The summed E-state index contributed by atoms with van der Waals surface area (Å²) in [7, 11) is -3.91. The zero-order valence-corrected chi connectivity index (χ0v) is 31.1. The molecule has 1 aromatic heterocycles. The average molecular weight is 714 g/mol. The van der Waals surface area contributed by atoms with E-state index < -0.39 is 73.8 Å². The lowest BCUT2D eigenvalue weighted by molar-refractivity contribution is -0.143. The summed E-state index contributed by atoms with van der Waals surface area (Å²) in [6.45, 7) is 17.6. The van der Waals surface area contributed by atoms with Crippen molar-refractivity contribution >= 4 is 44.6 Å². The molecule has 3 N–H and O–H groups in total. The fourth-order valence-corrected chi connectivity index (χ4v) is 7.24. The molecule has 2 heterocycles. The summed E-state index contributed by atoms with van der Waals surface area (Å²) in [6.07, 6.45) is 3.24. The number of ether oxygens (including phenoxy) is 2. The number of sulfonamides is 1. The van der Waals surface area contributed by atoms with Crippen molar-refractivity contribution < 1.29 is 37.1 Å². The van der Waals surface area contributed by atoms with Crippen LogP contribution in [0.25, 0.3) is 10.8 Å². The highest BCUT2D eigenvalue weighted by Gasteiger charge is 2.48. The van der Waals surface area contributed by atoms with Gasteiger partial charge < -0.3 is 25.0 Å². The topological polar surface area (TPSA) is 173 Å². The van der Waals surface area contributed by atoms with E-state index in [9.17, 15) is 27.6 Å². The SMILES string of the molecule is C=CC[C@@](C)(NC(=O)[C@@H]1C[C@@H](Oc2nccc3cc(CC)ccc23)CN1C(=O)[C@@H](NC(=O)OC(C)(C)C)C(C)(C)C)C(=O)NS(=O)(=O)C1CC1. The number of pyridine rings is 1. The van der Waals surface area contributed by atoms with E-state index in [4.69, 9.17) is 9.47 Å². The van der Waals surface area contributed by atoms with E-state index in [0.29, 0.717) is 18.7 Å². The summed E-state index contributed by atoms with van der Waals surface area (Å²) in [5.74, 6) is -1.83. The number of hydrogen-bond donors (Lipinski definition) is 3. The largest absolute Gasteiger partial charge is 0.472 e. The Morgan fingerprint density at radius 1 is 1.08 bits per heavy atom. The summed E-state index contributed by atoms with van der Waals surface area (Å²) < 4.78 is 39.2. The number of hydrogen-bond acceptors (Lipinski definition) is 9. The molecule has 14 heteroatoms. The van der Waals surface area contributed by atoms with Crippen molar-refractivity contribution in [1.29, 1.82) is 0 Å². The molecule has 4 rings (SSSR count). The van der Waals surface area contributed by atoms with E-state index in [2.05, 4.69) is 39.9 Å². The number of alkyl carbamates (subject to hydrolysis) is 1. The lowest BCUT2D eigenvalue weighted by Gasteiger charge is -2.36. The third-order valence-electron chi connectivity index (χ3n) is 8.75. The monoisotopic (exact) mass is 713 g/mol. The molecule has 4 atom stereocenters. The van der Waals surface area contributed by atoms with Crippen LogP contribution in [-0.4, -0.2) is 83.2 Å². The van der Waals surface area contributed by atoms with Crippen LogP contribution < -0.4 is 20.1 Å². The Morgan fingerprint density at radius 3 is 2.34 bits per heavy atom. The van der Waals surface area contributed by atoms with Crippen molar-refractivity contribution in [2.45, 2.75) is 122 Å². The Kier molecular flexibility index (Phi) is 11.2. The summed E-state index contributed by atoms with van der Waals surface area (Å²) in [5, 5.41) is 6.45. The molecule has 1 aliphatic heterocycles. The van der Waals surface area contributed by atoms with Crippen molar-refractivity contribution in [3.63, 3.8) is 0 Å². The van der Waals surface area contributed by atoms with Crippen LogP contribution in [-0.2, 0) is 35.6 Å². The van der Waals surface area contributed by atoms with E-state index in [1.807, 2.05) is 18.2 Å². The molecule has 13 nitrogen and oxygen atoms in total. The average Bonchev–Trinajstić information content (AvgIpc) is 3.79. The van der Waals surface area contributed by atoms with Crippen molar-refractivity contribution in [3.8, 4) is 5.88 Å². The number of amides is 4. The van der Waals surface area contributed by atoms with E-state index in [-0.39, 0.29) is 19.4 Å². The third-order valence-corrected chi connectivity index (χ3v) is 10.6. The summed E-state index contributed by atoms with van der Waals surface area (Å²) >= 11 is 0. The number of benzene rings is 1. The van der Waals surface area contributed by atoms with Crippen LogP contribution in [0, 0.1) is 5.41 Å². The van der Waals surface area contributed by atoms with Crippen LogP contribution in [0.5, 0.6) is 5.88 Å². The normalized spacial score (nSPS) is 20.0. The van der Waals surface area contributed by atoms with Gasteiger partial charge in [0.1, 0.15) is 29.3 Å². The van der Waals surface area contributed by atoms with Gasteiger partial charge in [-0.3, -0.25) is 19.1 Å². The smallest absolute Gasteiger partial charge is 0.408 e. The van der Waals surface area contributed by atoms with Gasteiger partial charge in [-0.2, -0.15) is 0 Å². The van der Waals surface area contributed by atoms with Crippen LogP contribution in [0.3, 0.4) is 0 Å². The third kappa shape index (κ3) is 9.32. The minimum Gasteiger partial charge on any atom is -0.472 e. The summed E-state index contributed by atoms with van der Waals surface area (Å²) in [4.78, 5) is 60.7. The number of carbonyl (C=O) groups is 4. The van der Waals surface area contributed by atoms with Gasteiger partial charge in [-0.25, -0.2) is 18.2 Å². The second-order valence-electron chi connectivity index (χ2n) is 15.4. The van der Waals surface area contributed by atoms with Crippen molar-refractivity contribution in [2.24, 2.45) is 5.41 Å². The Morgan fingerprint density at radius 2 is 1.76 bits per heavy atom. The number of carbonyl (C=O) groups excluding carboxylic acids is 4. The molecule has 274 valence electrons. The minimum absolute atomic E-state index is 0.0259. The van der Waals surface area contributed by atoms with Gasteiger partial charge in [0.2, 0.25) is 27.7 Å². The fourth-order valence-electron chi connectivity index (χ4n) is 5.83. The predicted molar refractivity (Wildman–Crippen MR) is 190 cm³/mol. The Labute approximate surface area is 295 Å². The number of aryl methyl sites for hydroxylation is 1. The van der Waals surface area contributed by atoms with Gasteiger partial charge in [0.15, 0.2) is 0 Å². The number of nitrogens with zero attached hydrogens (tertiary/aromatic N) is 2. The van der Waals surface area contributed by atoms with Crippen LogP contribution in [0.4, 0.5) is 4.79 Å². The summed E-state index contributed by atoms with van der Waals surface area (Å²) in [6, 6.07) is 5.58. The highest BCUT2D eigenvalue weighted by atomic mass is 32.2. The van der Waals surface area contributed by atoms with Crippen LogP contribution in [0.15, 0.2) is 43.1 Å². The van der Waals surface area contributed by atoms with Crippen LogP contribution in [0.2, 0.25) is 0 Å². The zero-order valence-electron chi connectivity index (χ0n) is 30.3. The molecule has 2 fully saturated rings. The highest BCUT2D eigenvalue weighted by Crippen LogP contribution is 2.32. The Balaban J connectivity index is 1.67. The first-order valence-electron chi connectivity index (χ1n) is 17.0. The van der Waals surface area contributed by atoms with E-state index in [1.165, 1.54) is 17.9 Å². The number of rotatable bonds is 12. The van der Waals surface area contributed by atoms with Gasteiger partial charge in [0, 0.05) is 18.0 Å². The molecule has 2 aliphatic rings. The zero-order chi connectivity index (χ0) is 37.2. The van der Waals surface area contributed by atoms with Crippen molar-refractivity contribution in [1.82, 2.24) is 25.2 Å². The molecule has 1 saturated carbocycles. The predicted octanol–water partition coefficient (Wildman–Crippen LogP) is 4.14. The first-order chi connectivity index (χ1) is 23.2. The van der Waals surface area contributed by atoms with Crippen molar-refractivity contribution in [3.05, 3.63) is 48.7 Å². The molecule has 1 saturated heterocycles. The fraction of sp³-hybridized carbons (Fsp3) is 0.583. The highest BCUT2D eigenvalue weighted by molar-refractivity contribution is 7.91. The Hall–Kier alpha value is -4.20. The maximum Gasteiger partial charge on any atom is 0.408 e. The molecule has 0 radical (unpaired) electrons. The van der Waals surface area contributed by atoms with Gasteiger partial charge in [0.05, 0.1) is 11.8 Å². The van der Waals surface area contributed by atoms with Gasteiger partial charge in [-0.1, -0.05) is 45.9 Å². The standard InChI is InChI=1S/C36H51N5O8S/c1-10-17-36(9,32(44)40-50(46,47)25-13-14-25)39-29(42)27-20-24(48-30-26-15-12-22(11-2)19-23(26)16-18-37-30)21-41(27)31(43)28(34(3,4)5)38-33(45)49-35(6,7)8/h10,12,15-16,18-19,24-25,27-28H,1,11,13-14,17,20-21H2,2-9H3,(H,38,45)(H,39,42)(H,40,44)/t24-,27+,28-,36-/m1/s1. The van der Waals surface area contributed by atoms with Gasteiger partial charge in [-0.15, -0.1) is 6.58 Å². The maximum absolute atomic E-state index is 14.4. The van der Waals surface area contributed by atoms with Gasteiger partial charge in [-0.05, 0) is 81.9 Å². The molecule has 1 aromatic carbocycles. The quantitative estimate of drug-likeness (QED) is 0.273. The second kappa shape index (κ2) is 14.6. The van der Waals surface area contributed by atoms with Gasteiger partial charge >= 0.3 is 6.09 Å². The number of aromatic nitrogens is 1. The molecule has 0 unspecified atom stereocenters. The molecule has 1 aliphatic carbocycles. The van der Waals surface area contributed by atoms with Gasteiger partial charge in [0.25, 0.3) is 5.91 Å². The van der Waals surface area contributed by atoms with Crippen molar-refractivity contribution in [2.75, 3.05) is 6.54 Å². The maximum atomic E-state index is 14.4. The molecule has 0 bridgehead atoms.